The lowest BCUT2D eigenvalue weighted by atomic mass is 9.89. The number of carbonyl (C=O) groups is 2. The third-order valence-corrected chi connectivity index (χ3v) is 4.21. The van der Waals surface area contributed by atoms with Gasteiger partial charge in [-0.3, -0.25) is 14.0 Å². The molecule has 2 aromatic rings. The third kappa shape index (κ3) is 2.07. The van der Waals surface area contributed by atoms with E-state index in [1.165, 1.54) is 0 Å². The van der Waals surface area contributed by atoms with Gasteiger partial charge in [-0.15, -0.1) is 0 Å². The molecule has 2 aromatic heterocycles. The van der Waals surface area contributed by atoms with Crippen molar-refractivity contribution in [1.29, 1.82) is 0 Å². The molecule has 1 atom stereocenters. The monoisotopic (exact) mass is 286 g/mol. The molecule has 1 saturated heterocycles. The number of carbonyl (C=O) groups excluding carboxylic acids is 2. The van der Waals surface area contributed by atoms with Gasteiger partial charge in [0.25, 0.3) is 0 Å². The van der Waals surface area contributed by atoms with Crippen LogP contribution in [0.15, 0.2) is 24.4 Å². The highest BCUT2D eigenvalue weighted by molar-refractivity contribution is 5.86. The maximum atomic E-state index is 12.0. The molecule has 6 heteroatoms. The van der Waals surface area contributed by atoms with Gasteiger partial charge in [0.05, 0.1) is 5.41 Å². The second-order valence-corrected chi connectivity index (χ2v) is 5.68. The van der Waals surface area contributed by atoms with Gasteiger partial charge >= 0.3 is 0 Å². The third-order valence-electron chi connectivity index (χ3n) is 4.21. The molecule has 3 heterocycles. The number of amides is 1. The minimum Gasteiger partial charge on any atom is -0.359 e. The number of imidazole rings is 1. The zero-order valence-corrected chi connectivity index (χ0v) is 12.2. The summed E-state index contributed by atoms with van der Waals surface area (Å²) in [5.74, 6) is 0.685. The van der Waals surface area contributed by atoms with Crippen LogP contribution in [0.2, 0.25) is 0 Å². The van der Waals surface area contributed by atoms with E-state index in [0.29, 0.717) is 24.6 Å². The molecule has 0 spiro atoms. The van der Waals surface area contributed by atoms with E-state index < -0.39 is 5.41 Å². The Morgan fingerprint density at radius 3 is 3.00 bits per heavy atom. The van der Waals surface area contributed by atoms with E-state index in [1.54, 1.807) is 11.4 Å². The normalized spacial score (nSPS) is 21.7. The molecular formula is C15H18N4O2. The number of aromatic nitrogens is 2. The predicted octanol–water partition coefficient (Wildman–Crippen LogP) is 1.11. The van der Waals surface area contributed by atoms with Crippen molar-refractivity contribution in [3.8, 4) is 0 Å². The van der Waals surface area contributed by atoms with E-state index in [0.717, 1.165) is 18.4 Å². The number of fused-ring (bicyclic) bond motifs is 1. The van der Waals surface area contributed by atoms with Crippen LogP contribution in [-0.2, 0) is 4.79 Å². The summed E-state index contributed by atoms with van der Waals surface area (Å²) in [5, 5.41) is 2.71. The SMILES string of the molecule is CNC(=O)C1(C)CCN(c2nc3ccccn3c2C=O)C1. The topological polar surface area (TPSA) is 66.7 Å². The Morgan fingerprint density at radius 1 is 1.48 bits per heavy atom. The molecular weight excluding hydrogens is 268 g/mol. The molecule has 1 aliphatic rings. The van der Waals surface area contributed by atoms with Crippen LogP contribution in [0.25, 0.3) is 5.65 Å². The Kier molecular flexibility index (Phi) is 3.16. The van der Waals surface area contributed by atoms with Crippen molar-refractivity contribution >= 4 is 23.7 Å². The average molecular weight is 286 g/mol. The van der Waals surface area contributed by atoms with Crippen LogP contribution in [-0.4, -0.2) is 41.7 Å². The number of rotatable bonds is 3. The summed E-state index contributed by atoms with van der Waals surface area (Å²) in [5.41, 5.74) is 0.833. The first kappa shape index (κ1) is 13.6. The molecule has 1 unspecified atom stereocenters. The summed E-state index contributed by atoms with van der Waals surface area (Å²) in [6.07, 6.45) is 3.40. The Morgan fingerprint density at radius 2 is 2.29 bits per heavy atom. The lowest BCUT2D eigenvalue weighted by Crippen LogP contribution is -2.39. The molecule has 3 rings (SSSR count). The molecule has 110 valence electrons. The summed E-state index contributed by atoms with van der Waals surface area (Å²) < 4.78 is 1.78. The van der Waals surface area contributed by atoms with Crippen molar-refractivity contribution in [2.75, 3.05) is 25.0 Å². The highest BCUT2D eigenvalue weighted by atomic mass is 16.2. The van der Waals surface area contributed by atoms with Crippen molar-refractivity contribution in [1.82, 2.24) is 14.7 Å². The number of nitrogens with zero attached hydrogens (tertiary/aromatic N) is 3. The number of pyridine rings is 1. The lowest BCUT2D eigenvalue weighted by Gasteiger charge is -2.22. The van der Waals surface area contributed by atoms with Crippen LogP contribution in [0.5, 0.6) is 0 Å². The van der Waals surface area contributed by atoms with Gasteiger partial charge in [-0.25, -0.2) is 4.98 Å². The fourth-order valence-electron chi connectivity index (χ4n) is 2.97. The standard InChI is InChI=1S/C15H18N4O2/c1-15(14(21)16-2)6-8-18(10-15)13-11(9-20)19-7-4-3-5-12(19)17-13/h3-5,7,9H,6,8,10H2,1-2H3,(H,16,21). The van der Waals surface area contributed by atoms with Gasteiger partial charge in [-0.2, -0.15) is 0 Å². The first-order valence-corrected chi connectivity index (χ1v) is 6.98. The van der Waals surface area contributed by atoms with E-state index in [9.17, 15) is 9.59 Å². The first-order valence-electron chi connectivity index (χ1n) is 6.98. The molecule has 1 N–H and O–H groups in total. The largest absolute Gasteiger partial charge is 0.359 e. The zero-order valence-electron chi connectivity index (χ0n) is 12.2. The van der Waals surface area contributed by atoms with Crippen LogP contribution >= 0.6 is 0 Å². The molecule has 1 fully saturated rings. The number of nitrogens with one attached hydrogen (secondary N) is 1. The maximum absolute atomic E-state index is 12.0. The Balaban J connectivity index is 1.99. The molecule has 1 amide bonds. The first-order chi connectivity index (χ1) is 10.1. The highest BCUT2D eigenvalue weighted by Gasteiger charge is 2.41. The van der Waals surface area contributed by atoms with Crippen LogP contribution in [0.3, 0.4) is 0 Å². The van der Waals surface area contributed by atoms with Gasteiger partial charge in [-0.1, -0.05) is 6.07 Å². The van der Waals surface area contributed by atoms with Crippen molar-refractivity contribution < 1.29 is 9.59 Å². The quantitative estimate of drug-likeness (QED) is 0.858. The molecule has 6 nitrogen and oxygen atoms in total. The fraction of sp³-hybridized carbons (Fsp3) is 0.400. The molecule has 21 heavy (non-hydrogen) atoms. The summed E-state index contributed by atoms with van der Waals surface area (Å²) in [4.78, 5) is 30.0. The Hall–Kier alpha value is -2.37. The average Bonchev–Trinajstić information content (AvgIpc) is 3.07. The van der Waals surface area contributed by atoms with E-state index >= 15 is 0 Å². The number of hydrogen-bond acceptors (Lipinski definition) is 4. The number of hydrogen-bond donors (Lipinski definition) is 1. The Bertz CT molecular complexity index is 709. The molecule has 0 aromatic carbocycles. The second kappa shape index (κ2) is 4.87. The van der Waals surface area contributed by atoms with E-state index in [2.05, 4.69) is 10.3 Å². The number of aldehydes is 1. The molecule has 0 aliphatic carbocycles. The minimum atomic E-state index is -0.440. The fourth-order valence-corrected chi connectivity index (χ4v) is 2.97. The molecule has 0 bridgehead atoms. The van der Waals surface area contributed by atoms with E-state index in [1.807, 2.05) is 36.2 Å². The van der Waals surface area contributed by atoms with Gasteiger partial charge in [0.15, 0.2) is 12.1 Å². The smallest absolute Gasteiger partial charge is 0.227 e. The lowest BCUT2D eigenvalue weighted by molar-refractivity contribution is -0.128. The Labute approximate surface area is 122 Å². The summed E-state index contributed by atoms with van der Waals surface area (Å²) >= 11 is 0. The van der Waals surface area contributed by atoms with Crippen LogP contribution in [0.1, 0.15) is 23.8 Å². The van der Waals surface area contributed by atoms with Crippen molar-refractivity contribution in [2.45, 2.75) is 13.3 Å². The van der Waals surface area contributed by atoms with Crippen molar-refractivity contribution in [2.24, 2.45) is 5.41 Å². The summed E-state index contributed by atoms with van der Waals surface area (Å²) in [6, 6.07) is 5.62. The summed E-state index contributed by atoms with van der Waals surface area (Å²) in [7, 11) is 1.65. The van der Waals surface area contributed by atoms with Gasteiger partial charge in [-0.05, 0) is 25.5 Å². The van der Waals surface area contributed by atoms with E-state index in [-0.39, 0.29) is 5.91 Å². The molecule has 1 aliphatic heterocycles. The van der Waals surface area contributed by atoms with Crippen molar-refractivity contribution in [3.05, 3.63) is 30.1 Å². The van der Waals surface area contributed by atoms with Crippen LogP contribution < -0.4 is 10.2 Å². The van der Waals surface area contributed by atoms with Gasteiger partial charge in [0, 0.05) is 26.3 Å². The predicted molar refractivity (Wildman–Crippen MR) is 79.6 cm³/mol. The van der Waals surface area contributed by atoms with E-state index in [4.69, 9.17) is 0 Å². The zero-order chi connectivity index (χ0) is 15.0. The van der Waals surface area contributed by atoms with Crippen molar-refractivity contribution in [3.63, 3.8) is 0 Å². The molecule has 0 saturated carbocycles. The van der Waals surface area contributed by atoms with Gasteiger partial charge < -0.3 is 10.2 Å². The van der Waals surface area contributed by atoms with Crippen LogP contribution in [0, 0.1) is 5.41 Å². The summed E-state index contributed by atoms with van der Waals surface area (Å²) in [6.45, 7) is 3.23. The molecule has 0 radical (unpaired) electrons. The van der Waals surface area contributed by atoms with Gasteiger partial charge in [0.2, 0.25) is 5.91 Å². The minimum absolute atomic E-state index is 0.0291. The maximum Gasteiger partial charge on any atom is 0.227 e. The highest BCUT2D eigenvalue weighted by Crippen LogP contribution is 2.34. The van der Waals surface area contributed by atoms with Crippen LogP contribution in [0.4, 0.5) is 5.82 Å². The second-order valence-electron chi connectivity index (χ2n) is 5.68. The number of anilines is 1. The van der Waals surface area contributed by atoms with Gasteiger partial charge in [0.1, 0.15) is 11.3 Å².